The quantitative estimate of drug-likeness (QED) is 0.922. The number of rotatable bonds is 4. The van der Waals surface area contributed by atoms with Crippen LogP contribution in [0.1, 0.15) is 44.1 Å². The van der Waals surface area contributed by atoms with Crippen LogP contribution in [0.5, 0.6) is 0 Å². The summed E-state index contributed by atoms with van der Waals surface area (Å²) >= 11 is 0. The van der Waals surface area contributed by atoms with E-state index in [-0.39, 0.29) is 12.1 Å². The molecule has 1 unspecified atom stereocenters. The minimum atomic E-state index is -0.183. The number of aliphatic imine (C=N–C) groups is 1. The zero-order valence-corrected chi connectivity index (χ0v) is 12.4. The maximum atomic E-state index is 12.1. The fraction of sp³-hybridized carbons (Fsp3) is 0.529. The van der Waals surface area contributed by atoms with E-state index < -0.39 is 0 Å². The molecule has 0 bridgehead atoms. The Balaban J connectivity index is 1.69. The third kappa shape index (κ3) is 3.26. The minimum Gasteiger partial charge on any atom is -0.385 e. The zero-order valence-electron chi connectivity index (χ0n) is 12.4. The van der Waals surface area contributed by atoms with E-state index in [1.807, 2.05) is 35.2 Å². The van der Waals surface area contributed by atoms with Crippen molar-refractivity contribution in [3.05, 3.63) is 35.9 Å². The van der Waals surface area contributed by atoms with Gasteiger partial charge in [-0.05, 0) is 17.9 Å². The van der Waals surface area contributed by atoms with Crippen LogP contribution >= 0.6 is 0 Å². The lowest BCUT2D eigenvalue weighted by molar-refractivity contribution is 0.190. The summed E-state index contributed by atoms with van der Waals surface area (Å²) in [5.74, 6) is 1.18. The minimum absolute atomic E-state index is 0.0131. The van der Waals surface area contributed by atoms with Crippen molar-refractivity contribution in [1.29, 1.82) is 0 Å². The smallest absolute Gasteiger partial charge is 0.346 e. The molecule has 1 saturated carbocycles. The van der Waals surface area contributed by atoms with Crippen molar-refractivity contribution in [3.8, 4) is 0 Å². The highest BCUT2D eigenvalue weighted by atomic mass is 16.2. The molecule has 0 spiro atoms. The molecule has 1 atom stereocenters. The fourth-order valence-corrected chi connectivity index (χ4v) is 3.49. The molecule has 1 aliphatic carbocycles. The van der Waals surface area contributed by atoms with Crippen LogP contribution in [0.2, 0.25) is 0 Å². The molecule has 112 valence electrons. The summed E-state index contributed by atoms with van der Waals surface area (Å²) in [6.45, 7) is 0.598. The van der Waals surface area contributed by atoms with Gasteiger partial charge in [0.05, 0.1) is 6.04 Å². The number of hydrogen-bond acceptors (Lipinski definition) is 2. The molecule has 1 heterocycles. The first-order valence-corrected chi connectivity index (χ1v) is 7.92. The van der Waals surface area contributed by atoms with E-state index in [4.69, 9.17) is 5.73 Å². The maximum absolute atomic E-state index is 12.1. The summed E-state index contributed by atoms with van der Waals surface area (Å²) in [5.41, 5.74) is 7.15. The van der Waals surface area contributed by atoms with Crippen molar-refractivity contribution in [1.82, 2.24) is 4.90 Å². The Morgan fingerprint density at radius 2 is 1.86 bits per heavy atom. The van der Waals surface area contributed by atoms with Gasteiger partial charge in [0.2, 0.25) is 0 Å². The summed E-state index contributed by atoms with van der Waals surface area (Å²) in [4.78, 5) is 17.9. The van der Waals surface area contributed by atoms with Crippen molar-refractivity contribution < 1.29 is 4.79 Å². The SMILES string of the molecule is NC1=NC(=O)N(Cc2ccccc2)C1CC1CCCCC1. The highest BCUT2D eigenvalue weighted by molar-refractivity contribution is 6.02. The number of nitrogens with two attached hydrogens (primary N) is 1. The molecule has 2 amide bonds. The second kappa shape index (κ2) is 6.29. The maximum Gasteiger partial charge on any atom is 0.346 e. The predicted octanol–water partition coefficient (Wildman–Crippen LogP) is 3.32. The average molecular weight is 285 g/mol. The van der Waals surface area contributed by atoms with Crippen molar-refractivity contribution in [2.24, 2.45) is 16.6 Å². The molecular weight excluding hydrogens is 262 g/mol. The summed E-state index contributed by atoms with van der Waals surface area (Å²) in [5, 5.41) is 0. The molecule has 1 aromatic rings. The Labute approximate surface area is 126 Å². The molecule has 1 aromatic carbocycles. The molecule has 0 saturated heterocycles. The molecule has 1 aliphatic heterocycles. The number of amides is 2. The van der Waals surface area contributed by atoms with Gasteiger partial charge in [-0.3, -0.25) is 0 Å². The summed E-state index contributed by atoms with van der Waals surface area (Å²) in [6, 6.07) is 9.86. The van der Waals surface area contributed by atoms with Gasteiger partial charge in [-0.1, -0.05) is 62.4 Å². The first kappa shape index (κ1) is 14.1. The van der Waals surface area contributed by atoms with Crippen LogP contribution in [0.4, 0.5) is 4.79 Å². The van der Waals surface area contributed by atoms with E-state index >= 15 is 0 Å². The van der Waals surface area contributed by atoms with Crippen LogP contribution in [-0.2, 0) is 6.54 Å². The van der Waals surface area contributed by atoms with E-state index in [2.05, 4.69) is 4.99 Å². The van der Waals surface area contributed by atoms with Crippen LogP contribution in [-0.4, -0.2) is 22.8 Å². The zero-order chi connectivity index (χ0) is 14.7. The Kier molecular flexibility index (Phi) is 4.23. The lowest BCUT2D eigenvalue weighted by Gasteiger charge is -2.29. The summed E-state index contributed by atoms with van der Waals surface area (Å²) in [6.07, 6.45) is 7.45. The van der Waals surface area contributed by atoms with Crippen LogP contribution in [0.25, 0.3) is 0 Å². The molecule has 0 aromatic heterocycles. The van der Waals surface area contributed by atoms with E-state index in [0.29, 0.717) is 18.3 Å². The topological polar surface area (TPSA) is 58.7 Å². The third-order valence-corrected chi connectivity index (χ3v) is 4.67. The van der Waals surface area contributed by atoms with Gasteiger partial charge < -0.3 is 10.6 Å². The van der Waals surface area contributed by atoms with E-state index in [1.54, 1.807) is 0 Å². The van der Waals surface area contributed by atoms with Gasteiger partial charge in [0.25, 0.3) is 0 Å². The van der Waals surface area contributed by atoms with Crippen molar-refractivity contribution in [2.45, 2.75) is 51.1 Å². The number of amidine groups is 1. The Morgan fingerprint density at radius 3 is 2.57 bits per heavy atom. The largest absolute Gasteiger partial charge is 0.385 e. The van der Waals surface area contributed by atoms with Gasteiger partial charge in [-0.2, -0.15) is 4.99 Å². The van der Waals surface area contributed by atoms with Gasteiger partial charge in [0.15, 0.2) is 0 Å². The first-order chi connectivity index (χ1) is 10.2. The number of carbonyl (C=O) groups is 1. The molecule has 3 rings (SSSR count). The second-order valence-electron chi connectivity index (χ2n) is 6.19. The lowest BCUT2D eigenvalue weighted by atomic mass is 9.84. The third-order valence-electron chi connectivity index (χ3n) is 4.67. The number of benzene rings is 1. The number of urea groups is 1. The summed E-state index contributed by atoms with van der Waals surface area (Å²) in [7, 11) is 0. The van der Waals surface area contributed by atoms with Crippen LogP contribution < -0.4 is 5.73 Å². The van der Waals surface area contributed by atoms with Crippen LogP contribution in [0.15, 0.2) is 35.3 Å². The molecule has 2 N–H and O–H groups in total. The second-order valence-corrected chi connectivity index (χ2v) is 6.19. The summed E-state index contributed by atoms with van der Waals surface area (Å²) < 4.78 is 0. The van der Waals surface area contributed by atoms with Crippen LogP contribution in [0.3, 0.4) is 0 Å². The normalized spacial score (nSPS) is 23.4. The molecule has 1 fully saturated rings. The molecule has 2 aliphatic rings. The van der Waals surface area contributed by atoms with Crippen molar-refractivity contribution >= 4 is 11.9 Å². The first-order valence-electron chi connectivity index (χ1n) is 7.92. The lowest BCUT2D eigenvalue weighted by Crippen LogP contribution is -2.41. The molecule has 21 heavy (non-hydrogen) atoms. The Morgan fingerprint density at radius 1 is 1.14 bits per heavy atom. The van der Waals surface area contributed by atoms with Crippen molar-refractivity contribution in [2.75, 3.05) is 0 Å². The Hall–Kier alpha value is -1.84. The van der Waals surface area contributed by atoms with E-state index in [0.717, 1.165) is 12.0 Å². The molecule has 4 heteroatoms. The van der Waals surface area contributed by atoms with Gasteiger partial charge in [0, 0.05) is 6.54 Å². The number of carbonyl (C=O) groups excluding carboxylic acids is 1. The standard InChI is InChI=1S/C17H23N3O/c18-16-15(11-13-7-3-1-4-8-13)20(17(21)19-16)12-14-9-5-2-6-10-14/h2,5-6,9-10,13,15H,1,3-4,7-8,11-12H2,(H2,18,19,21). The van der Waals surface area contributed by atoms with Gasteiger partial charge in [-0.15, -0.1) is 0 Å². The highest BCUT2D eigenvalue weighted by Gasteiger charge is 2.35. The molecule has 0 radical (unpaired) electrons. The van der Waals surface area contributed by atoms with Gasteiger partial charge >= 0.3 is 6.03 Å². The molecular formula is C17H23N3O. The van der Waals surface area contributed by atoms with E-state index in [1.165, 1.54) is 32.1 Å². The van der Waals surface area contributed by atoms with Crippen LogP contribution in [0, 0.1) is 5.92 Å². The molecule has 4 nitrogen and oxygen atoms in total. The monoisotopic (exact) mass is 285 g/mol. The average Bonchev–Trinajstić information content (AvgIpc) is 2.76. The fourth-order valence-electron chi connectivity index (χ4n) is 3.49. The number of nitrogens with zero attached hydrogens (tertiary/aromatic N) is 2. The van der Waals surface area contributed by atoms with E-state index in [9.17, 15) is 4.79 Å². The highest BCUT2D eigenvalue weighted by Crippen LogP contribution is 2.30. The van der Waals surface area contributed by atoms with Crippen molar-refractivity contribution in [3.63, 3.8) is 0 Å². The number of hydrogen-bond donors (Lipinski definition) is 1. The predicted molar refractivity (Wildman–Crippen MR) is 84.0 cm³/mol. The van der Waals surface area contributed by atoms with Gasteiger partial charge in [-0.25, -0.2) is 4.79 Å². The van der Waals surface area contributed by atoms with Gasteiger partial charge in [0.1, 0.15) is 5.84 Å². The Bertz CT molecular complexity index is 520.